The van der Waals surface area contributed by atoms with Crippen LogP contribution >= 0.6 is 11.3 Å². The van der Waals surface area contributed by atoms with Crippen molar-refractivity contribution in [1.82, 2.24) is 4.98 Å². The van der Waals surface area contributed by atoms with Crippen LogP contribution < -0.4 is 5.32 Å². The quantitative estimate of drug-likeness (QED) is 0.779. The number of rotatable bonds is 3. The Morgan fingerprint density at radius 3 is 2.67 bits per heavy atom. The zero-order valence-electron chi connectivity index (χ0n) is 11.5. The molecule has 0 saturated carbocycles. The summed E-state index contributed by atoms with van der Waals surface area (Å²) in [6.07, 6.45) is 3.60. The lowest BCUT2D eigenvalue weighted by molar-refractivity contribution is 0.103. The first kappa shape index (κ1) is 13.5. The molecule has 0 aliphatic rings. The Bertz CT molecular complexity index is 765. The van der Waals surface area contributed by atoms with Crippen LogP contribution in [0.1, 0.15) is 15.2 Å². The van der Waals surface area contributed by atoms with Gasteiger partial charge in [-0.2, -0.15) is 0 Å². The molecule has 0 saturated heterocycles. The van der Waals surface area contributed by atoms with Crippen molar-refractivity contribution in [2.75, 3.05) is 5.32 Å². The molecule has 1 N–H and O–H groups in total. The van der Waals surface area contributed by atoms with Gasteiger partial charge < -0.3 is 5.32 Å². The maximum absolute atomic E-state index is 12.2. The monoisotopic (exact) mass is 294 g/mol. The average molecular weight is 294 g/mol. The molecule has 2 heterocycles. The van der Waals surface area contributed by atoms with Crippen molar-refractivity contribution < 1.29 is 4.79 Å². The van der Waals surface area contributed by atoms with Crippen LogP contribution in [0.15, 0.2) is 60.9 Å². The Balaban J connectivity index is 1.82. The summed E-state index contributed by atoms with van der Waals surface area (Å²) in [5.41, 5.74) is 3.03. The fraction of sp³-hybridized carbons (Fsp3) is 0.0588. The third-order valence-electron chi connectivity index (χ3n) is 3.15. The highest BCUT2D eigenvalue weighted by atomic mass is 32.1. The summed E-state index contributed by atoms with van der Waals surface area (Å²) in [5, 5.41) is 2.90. The van der Waals surface area contributed by atoms with Gasteiger partial charge in [-0.1, -0.05) is 18.2 Å². The van der Waals surface area contributed by atoms with Gasteiger partial charge in [0.2, 0.25) is 0 Å². The molecule has 0 spiro atoms. The number of hydrogen-bond donors (Lipinski definition) is 1. The molecule has 3 nitrogen and oxygen atoms in total. The van der Waals surface area contributed by atoms with Crippen LogP contribution in [0.4, 0.5) is 5.69 Å². The lowest BCUT2D eigenvalue weighted by Gasteiger charge is -2.03. The van der Waals surface area contributed by atoms with E-state index >= 15 is 0 Å². The zero-order chi connectivity index (χ0) is 14.7. The summed E-state index contributed by atoms with van der Waals surface area (Å²) in [6, 6.07) is 15.3. The molecule has 0 atom stereocenters. The van der Waals surface area contributed by atoms with Gasteiger partial charge in [0.1, 0.15) is 0 Å². The van der Waals surface area contributed by atoms with Gasteiger partial charge >= 0.3 is 0 Å². The lowest BCUT2D eigenvalue weighted by Crippen LogP contribution is -2.09. The average Bonchev–Trinajstić information content (AvgIpc) is 2.98. The van der Waals surface area contributed by atoms with Crippen LogP contribution in [-0.2, 0) is 0 Å². The number of pyridine rings is 1. The normalized spacial score (nSPS) is 10.3. The summed E-state index contributed by atoms with van der Waals surface area (Å²) in [7, 11) is 0. The van der Waals surface area contributed by atoms with E-state index in [0.717, 1.165) is 21.7 Å². The van der Waals surface area contributed by atoms with Gasteiger partial charge in [-0.15, -0.1) is 11.3 Å². The number of aryl methyl sites for hydroxylation is 1. The number of aromatic nitrogens is 1. The van der Waals surface area contributed by atoms with Crippen molar-refractivity contribution in [2.24, 2.45) is 0 Å². The molecule has 0 aliphatic heterocycles. The van der Waals surface area contributed by atoms with E-state index in [1.54, 1.807) is 6.20 Å². The minimum atomic E-state index is -0.0795. The van der Waals surface area contributed by atoms with Crippen LogP contribution in [0.3, 0.4) is 0 Å². The van der Waals surface area contributed by atoms with Crippen molar-refractivity contribution in [3.8, 4) is 10.4 Å². The van der Waals surface area contributed by atoms with Crippen LogP contribution in [-0.4, -0.2) is 10.9 Å². The van der Waals surface area contributed by atoms with E-state index in [4.69, 9.17) is 0 Å². The topological polar surface area (TPSA) is 42.0 Å². The second-order valence-corrected chi connectivity index (χ2v) is 5.76. The van der Waals surface area contributed by atoms with Gasteiger partial charge in [0.15, 0.2) is 0 Å². The minimum absolute atomic E-state index is 0.0795. The molecule has 0 fully saturated rings. The predicted octanol–water partition coefficient (Wildman–Crippen LogP) is 4.37. The molecule has 0 bridgehead atoms. The van der Waals surface area contributed by atoms with Gasteiger partial charge in [-0.25, -0.2) is 0 Å². The summed E-state index contributed by atoms with van der Waals surface area (Å²) in [5.74, 6) is -0.0795. The molecule has 2 aromatic heterocycles. The number of carbonyl (C=O) groups excluding carboxylic acids is 1. The van der Waals surface area contributed by atoms with Crippen LogP contribution in [0, 0.1) is 6.92 Å². The fourth-order valence-electron chi connectivity index (χ4n) is 2.07. The first-order valence-electron chi connectivity index (χ1n) is 6.61. The molecular weight excluding hydrogens is 280 g/mol. The van der Waals surface area contributed by atoms with E-state index in [1.807, 2.05) is 61.7 Å². The number of para-hydroxylation sites is 1. The number of nitrogens with one attached hydrogen (secondary N) is 1. The van der Waals surface area contributed by atoms with Crippen molar-refractivity contribution >= 4 is 22.9 Å². The van der Waals surface area contributed by atoms with Gasteiger partial charge in [-0.05, 0) is 48.4 Å². The van der Waals surface area contributed by atoms with Crippen LogP contribution in [0.25, 0.3) is 10.4 Å². The van der Waals surface area contributed by atoms with E-state index in [9.17, 15) is 4.79 Å². The first-order valence-corrected chi connectivity index (χ1v) is 7.43. The Hall–Kier alpha value is -2.46. The predicted molar refractivity (Wildman–Crippen MR) is 86.7 cm³/mol. The van der Waals surface area contributed by atoms with E-state index in [-0.39, 0.29) is 5.91 Å². The Labute approximate surface area is 127 Å². The standard InChI is InChI=1S/C17H14N2OS/c1-12-11-18-10-9-14(12)15-7-8-16(21-15)17(20)19-13-5-3-2-4-6-13/h2-11H,1H3,(H,19,20). The molecular formula is C17H14N2OS. The van der Waals surface area contributed by atoms with Crippen molar-refractivity contribution in [2.45, 2.75) is 6.92 Å². The van der Waals surface area contributed by atoms with E-state index in [1.165, 1.54) is 11.3 Å². The third-order valence-corrected chi connectivity index (χ3v) is 4.26. The largest absolute Gasteiger partial charge is 0.321 e. The van der Waals surface area contributed by atoms with Crippen molar-refractivity contribution in [3.63, 3.8) is 0 Å². The highest BCUT2D eigenvalue weighted by Gasteiger charge is 2.11. The minimum Gasteiger partial charge on any atom is -0.321 e. The van der Waals surface area contributed by atoms with Crippen LogP contribution in [0.5, 0.6) is 0 Å². The molecule has 0 unspecified atom stereocenters. The second kappa shape index (κ2) is 5.89. The van der Waals surface area contributed by atoms with Crippen molar-refractivity contribution in [3.05, 3.63) is 71.4 Å². The number of nitrogens with zero attached hydrogens (tertiary/aromatic N) is 1. The van der Waals surface area contributed by atoms with Gasteiger partial charge in [-0.3, -0.25) is 9.78 Å². The van der Waals surface area contributed by atoms with Gasteiger partial charge in [0.25, 0.3) is 5.91 Å². The molecule has 3 rings (SSSR count). The Morgan fingerprint density at radius 1 is 1.10 bits per heavy atom. The lowest BCUT2D eigenvalue weighted by atomic mass is 10.1. The molecule has 1 aromatic carbocycles. The third kappa shape index (κ3) is 3.01. The molecule has 3 aromatic rings. The van der Waals surface area contributed by atoms with Gasteiger partial charge in [0, 0.05) is 23.0 Å². The number of anilines is 1. The molecule has 1 amide bonds. The van der Waals surface area contributed by atoms with Gasteiger partial charge in [0.05, 0.1) is 4.88 Å². The molecule has 4 heteroatoms. The number of hydrogen-bond acceptors (Lipinski definition) is 3. The highest BCUT2D eigenvalue weighted by molar-refractivity contribution is 7.17. The molecule has 104 valence electrons. The molecule has 0 radical (unpaired) electrons. The van der Waals surface area contributed by atoms with Crippen molar-refractivity contribution in [1.29, 1.82) is 0 Å². The number of carbonyl (C=O) groups is 1. The summed E-state index contributed by atoms with van der Waals surface area (Å²) in [4.78, 5) is 18.1. The maximum atomic E-state index is 12.2. The Kier molecular flexibility index (Phi) is 3.79. The second-order valence-electron chi connectivity index (χ2n) is 4.67. The van der Waals surface area contributed by atoms with E-state index in [0.29, 0.717) is 4.88 Å². The van der Waals surface area contributed by atoms with E-state index in [2.05, 4.69) is 10.3 Å². The zero-order valence-corrected chi connectivity index (χ0v) is 12.4. The summed E-state index contributed by atoms with van der Waals surface area (Å²) in [6.45, 7) is 2.02. The number of benzene rings is 1. The highest BCUT2D eigenvalue weighted by Crippen LogP contribution is 2.30. The molecule has 0 aliphatic carbocycles. The maximum Gasteiger partial charge on any atom is 0.265 e. The smallest absolute Gasteiger partial charge is 0.265 e. The summed E-state index contributed by atoms with van der Waals surface area (Å²) < 4.78 is 0. The summed E-state index contributed by atoms with van der Waals surface area (Å²) >= 11 is 1.49. The fourth-order valence-corrected chi connectivity index (χ4v) is 3.06. The SMILES string of the molecule is Cc1cnccc1-c1ccc(C(=O)Nc2ccccc2)s1. The van der Waals surface area contributed by atoms with E-state index < -0.39 is 0 Å². The Morgan fingerprint density at radius 2 is 1.90 bits per heavy atom. The number of thiophene rings is 1. The first-order chi connectivity index (χ1) is 10.2. The molecule has 21 heavy (non-hydrogen) atoms. The van der Waals surface area contributed by atoms with Crippen LogP contribution in [0.2, 0.25) is 0 Å². The number of amides is 1.